The molecule has 1 unspecified atom stereocenters. The van der Waals surface area contributed by atoms with Crippen molar-refractivity contribution in [2.45, 2.75) is 4.83 Å². The number of alkyl halides is 1. The van der Waals surface area contributed by atoms with E-state index in [1.54, 1.807) is 0 Å². The molecule has 0 amide bonds. The van der Waals surface area contributed by atoms with Crippen LogP contribution >= 0.6 is 15.9 Å². The Bertz CT molecular complexity index is 498. The Kier molecular flexibility index (Phi) is 2.26. The number of hydrogen-bond acceptors (Lipinski definition) is 3. The van der Waals surface area contributed by atoms with Crippen molar-refractivity contribution >= 4 is 33.2 Å². The van der Waals surface area contributed by atoms with Crippen LogP contribution in [0.5, 0.6) is 0 Å². The fourth-order valence-electron chi connectivity index (χ4n) is 1.45. The van der Waals surface area contributed by atoms with Crippen LogP contribution in [0, 0.1) is 11.2 Å². The van der Waals surface area contributed by atoms with Crippen molar-refractivity contribution in [1.29, 1.82) is 5.41 Å². The van der Waals surface area contributed by atoms with Crippen molar-refractivity contribution in [3.8, 4) is 0 Å². The van der Waals surface area contributed by atoms with E-state index < -0.39 is 22.2 Å². The Hall–Kier alpha value is -1.36. The molecule has 1 N–H and O–H groups in total. The van der Waals surface area contributed by atoms with E-state index in [1.165, 1.54) is 6.07 Å². The molecule has 1 aromatic rings. The minimum atomic E-state index is -0.959. The lowest BCUT2D eigenvalue weighted by molar-refractivity contribution is 0.0970. The van der Waals surface area contributed by atoms with Gasteiger partial charge in [-0.15, -0.1) is 0 Å². The maximum absolute atomic E-state index is 12.9. The summed E-state index contributed by atoms with van der Waals surface area (Å²) in [5.41, 5.74) is -0.168. The largest absolute Gasteiger partial charge is 0.300 e. The Morgan fingerprint density at radius 3 is 2.60 bits per heavy atom. The van der Waals surface area contributed by atoms with E-state index in [0.29, 0.717) is 0 Å². The summed E-state index contributed by atoms with van der Waals surface area (Å²) in [5.74, 6) is -1.55. The van der Waals surface area contributed by atoms with Gasteiger partial charge in [0.15, 0.2) is 5.78 Å². The molecule has 0 saturated carbocycles. The van der Waals surface area contributed by atoms with Crippen LogP contribution in [0.1, 0.15) is 20.7 Å². The summed E-state index contributed by atoms with van der Waals surface area (Å²) < 4.78 is 12.9. The Labute approximate surface area is 92.9 Å². The first kappa shape index (κ1) is 10.2. The maximum Gasteiger partial charge on any atom is 0.208 e. The number of carbonyl (C=O) groups excluding carboxylic acids is 2. The molecule has 1 atom stereocenters. The summed E-state index contributed by atoms with van der Waals surface area (Å²) in [6.07, 6.45) is 0. The van der Waals surface area contributed by atoms with Crippen molar-refractivity contribution in [1.82, 2.24) is 0 Å². The molecule has 0 saturated heterocycles. The SMILES string of the molecule is N=C1C(=O)c2ccc(F)cc2C(=O)C1Br. The Morgan fingerprint density at radius 1 is 1.27 bits per heavy atom. The molecule has 0 aromatic heterocycles. The number of carbonyl (C=O) groups is 2. The summed E-state index contributed by atoms with van der Waals surface area (Å²) in [7, 11) is 0. The van der Waals surface area contributed by atoms with E-state index in [2.05, 4.69) is 15.9 Å². The number of benzene rings is 1. The minimum Gasteiger partial charge on any atom is -0.300 e. The number of hydrogen-bond donors (Lipinski definition) is 1. The Morgan fingerprint density at radius 2 is 1.93 bits per heavy atom. The highest BCUT2D eigenvalue weighted by atomic mass is 79.9. The van der Waals surface area contributed by atoms with Crippen LogP contribution in [0.15, 0.2) is 18.2 Å². The summed E-state index contributed by atoms with van der Waals surface area (Å²) in [4.78, 5) is 22.2. The van der Waals surface area contributed by atoms with Gasteiger partial charge in [0, 0.05) is 11.1 Å². The second-order valence-corrected chi connectivity index (χ2v) is 4.08. The first-order valence-corrected chi connectivity index (χ1v) is 5.05. The molecule has 76 valence electrons. The molecule has 1 aliphatic carbocycles. The number of rotatable bonds is 0. The van der Waals surface area contributed by atoms with Gasteiger partial charge >= 0.3 is 0 Å². The highest BCUT2D eigenvalue weighted by molar-refractivity contribution is 9.10. The third-order valence-electron chi connectivity index (χ3n) is 2.22. The maximum atomic E-state index is 12.9. The smallest absolute Gasteiger partial charge is 0.208 e. The number of Topliss-reactive ketones (excluding diaryl/α,β-unsaturated/α-hetero) is 2. The van der Waals surface area contributed by atoms with Crippen molar-refractivity contribution in [2.24, 2.45) is 0 Å². The molecule has 2 rings (SSSR count). The molecule has 15 heavy (non-hydrogen) atoms. The molecule has 0 bridgehead atoms. The van der Waals surface area contributed by atoms with Gasteiger partial charge in [-0.25, -0.2) is 4.39 Å². The monoisotopic (exact) mass is 269 g/mol. The molecule has 0 fully saturated rings. The van der Waals surface area contributed by atoms with Gasteiger partial charge in [-0.1, -0.05) is 15.9 Å². The van der Waals surface area contributed by atoms with Crippen molar-refractivity contribution in [2.75, 3.05) is 0 Å². The van der Waals surface area contributed by atoms with Crippen molar-refractivity contribution in [3.05, 3.63) is 35.1 Å². The summed E-state index contributed by atoms with van der Waals surface area (Å²) >= 11 is 2.94. The molecule has 3 nitrogen and oxygen atoms in total. The van der Waals surface area contributed by atoms with Gasteiger partial charge in [0.05, 0.1) is 0 Å². The zero-order valence-corrected chi connectivity index (χ0v) is 8.97. The highest BCUT2D eigenvalue weighted by Gasteiger charge is 2.35. The van der Waals surface area contributed by atoms with Crippen LogP contribution in [-0.4, -0.2) is 22.1 Å². The lowest BCUT2D eigenvalue weighted by Gasteiger charge is -2.18. The summed E-state index contributed by atoms with van der Waals surface area (Å²) in [6, 6.07) is 3.36. The average Bonchev–Trinajstić information content (AvgIpc) is 2.23. The molecular weight excluding hydrogens is 265 g/mol. The second-order valence-electron chi connectivity index (χ2n) is 3.16. The van der Waals surface area contributed by atoms with Crippen LogP contribution in [0.3, 0.4) is 0 Å². The first-order chi connectivity index (χ1) is 7.02. The number of halogens is 2. The van der Waals surface area contributed by atoms with Crippen LogP contribution in [0.25, 0.3) is 0 Å². The first-order valence-electron chi connectivity index (χ1n) is 4.13. The topological polar surface area (TPSA) is 58.0 Å². The minimum absolute atomic E-state index is 0.0397. The zero-order valence-electron chi connectivity index (χ0n) is 7.38. The van der Waals surface area contributed by atoms with Crippen molar-refractivity contribution in [3.63, 3.8) is 0 Å². The molecule has 1 aliphatic rings. The van der Waals surface area contributed by atoms with Crippen LogP contribution in [-0.2, 0) is 0 Å². The third kappa shape index (κ3) is 1.43. The molecule has 0 heterocycles. The van der Waals surface area contributed by atoms with E-state index in [4.69, 9.17) is 5.41 Å². The lowest BCUT2D eigenvalue weighted by atomic mass is 9.88. The predicted molar refractivity (Wildman–Crippen MR) is 55.5 cm³/mol. The van der Waals surface area contributed by atoms with Crippen molar-refractivity contribution < 1.29 is 14.0 Å². The molecule has 0 aliphatic heterocycles. The average molecular weight is 270 g/mol. The normalized spacial score (nSPS) is 20.4. The lowest BCUT2D eigenvalue weighted by Crippen LogP contribution is -2.37. The van der Waals surface area contributed by atoms with Crippen LogP contribution in [0.2, 0.25) is 0 Å². The zero-order chi connectivity index (χ0) is 11.2. The van der Waals surface area contributed by atoms with Gasteiger partial charge in [-0.3, -0.25) is 15.0 Å². The van der Waals surface area contributed by atoms with E-state index in [0.717, 1.165) is 12.1 Å². The second kappa shape index (κ2) is 3.34. The van der Waals surface area contributed by atoms with Gasteiger partial charge in [-0.2, -0.15) is 0 Å². The number of nitrogens with one attached hydrogen (secondary N) is 1. The van der Waals surface area contributed by atoms with Gasteiger partial charge in [0.25, 0.3) is 0 Å². The van der Waals surface area contributed by atoms with Crippen LogP contribution in [0.4, 0.5) is 4.39 Å². The summed E-state index contributed by atoms with van der Waals surface area (Å²) in [5, 5.41) is 7.40. The van der Waals surface area contributed by atoms with E-state index in [1.807, 2.05) is 0 Å². The molecule has 0 radical (unpaired) electrons. The van der Waals surface area contributed by atoms with Gasteiger partial charge in [0.1, 0.15) is 16.4 Å². The van der Waals surface area contributed by atoms with Gasteiger partial charge in [-0.05, 0) is 18.2 Å². The molecule has 1 aromatic carbocycles. The molecule has 0 spiro atoms. The van der Waals surface area contributed by atoms with E-state index >= 15 is 0 Å². The number of fused-ring (bicyclic) bond motifs is 1. The summed E-state index contributed by atoms with van der Waals surface area (Å²) in [6.45, 7) is 0. The molecule has 5 heteroatoms. The number of ketones is 2. The van der Waals surface area contributed by atoms with E-state index in [9.17, 15) is 14.0 Å². The Balaban J connectivity index is 2.69. The third-order valence-corrected chi connectivity index (χ3v) is 3.09. The fraction of sp³-hybridized carbons (Fsp3) is 0.100. The van der Waals surface area contributed by atoms with Crippen LogP contribution < -0.4 is 0 Å². The standard InChI is InChI=1S/C10H5BrFNO2/c11-7-8(13)10(15)5-2-1-4(12)3-6(5)9(7)14/h1-3,7,13H. The van der Waals surface area contributed by atoms with Gasteiger partial charge in [0.2, 0.25) is 5.78 Å². The highest BCUT2D eigenvalue weighted by Crippen LogP contribution is 2.24. The quantitative estimate of drug-likeness (QED) is 0.733. The molecular formula is C10H5BrFNO2. The van der Waals surface area contributed by atoms with Gasteiger partial charge < -0.3 is 0 Å². The fourth-order valence-corrected chi connectivity index (χ4v) is 1.90. The predicted octanol–water partition coefficient (Wildman–Crippen LogP) is 1.99. The van der Waals surface area contributed by atoms with E-state index in [-0.39, 0.29) is 16.8 Å².